The molecular weight excluding hydrogens is 262 g/mol. The summed E-state index contributed by atoms with van der Waals surface area (Å²) in [7, 11) is -2.17. The fourth-order valence-electron chi connectivity index (χ4n) is 0.510. The number of halogens is 4. The zero-order chi connectivity index (χ0) is 12.2. The molecule has 0 heterocycles. The molecule has 4 nitrogen and oxygen atoms in total. The van der Waals surface area contributed by atoms with Crippen LogP contribution in [0.2, 0.25) is 0 Å². The Kier molecular flexibility index (Phi) is 9.83. The maximum atomic E-state index is 12.1. The Morgan fingerprint density at radius 2 is 1.25 bits per heavy atom. The molecule has 1 rings (SSSR count). The number of phenols is 1. The van der Waals surface area contributed by atoms with Crippen molar-refractivity contribution in [1.29, 1.82) is 0 Å². The second kappa shape index (κ2) is 8.42. The van der Waals surface area contributed by atoms with Crippen LogP contribution in [0.3, 0.4) is 0 Å². The predicted molar refractivity (Wildman–Crippen MR) is 39.2 cm³/mol. The van der Waals surface area contributed by atoms with Crippen LogP contribution < -0.4 is 51.4 Å². The third-order valence-electron chi connectivity index (χ3n) is 1.01. The summed E-state index contributed by atoms with van der Waals surface area (Å²) in [6, 6.07) is 1.25. The van der Waals surface area contributed by atoms with Gasteiger partial charge in [0, 0.05) is 5.75 Å². The quantitative estimate of drug-likeness (QED) is 0.130. The molecule has 4 N–H and O–H groups in total. The first kappa shape index (κ1) is 18.7. The second-order valence-corrected chi connectivity index (χ2v) is 2.08. The summed E-state index contributed by atoms with van der Waals surface area (Å²) in [6.45, 7) is 0. The number of hydrogen-bond donors (Lipinski definition) is 4. The van der Waals surface area contributed by atoms with Gasteiger partial charge in [-0.15, -0.1) is 0 Å². The van der Waals surface area contributed by atoms with Crippen LogP contribution in [0, 0.1) is 29.3 Å². The summed E-state index contributed by atoms with van der Waals surface area (Å²) < 4.78 is 48.3. The van der Waals surface area contributed by atoms with E-state index in [0.29, 0.717) is 0 Å². The van der Waals surface area contributed by atoms with Crippen molar-refractivity contribution in [2.75, 3.05) is 0 Å². The molecule has 0 aliphatic carbocycles. The van der Waals surface area contributed by atoms with Gasteiger partial charge in [-0.1, -0.05) is 6.07 Å². The van der Waals surface area contributed by atoms with E-state index in [2.05, 4.69) is 0 Å². The first-order chi connectivity index (χ1) is 6.77. The van der Waals surface area contributed by atoms with Crippen LogP contribution in [-0.4, -0.2) is 27.5 Å². The minimum absolute atomic E-state index is 0. The third-order valence-corrected chi connectivity index (χ3v) is 1.01. The molecule has 0 amide bonds. The van der Waals surface area contributed by atoms with Gasteiger partial charge in [-0.2, -0.15) is 0 Å². The fraction of sp³-hybridized carbons (Fsp3) is 0. The van der Waals surface area contributed by atoms with Crippen LogP contribution >= 0.6 is 0 Å². The summed E-state index contributed by atoms with van der Waals surface area (Å²) in [5, 5.41) is 29.8. The van der Waals surface area contributed by atoms with Gasteiger partial charge in [-0.3, -0.25) is 8.78 Å². The molecule has 0 unspecified atom stereocenters. The SMILES string of the molecule is OB(O)O.Oc1[c-]c(F)c(F)c(F)c1F.[K+]. The minimum atomic E-state index is -2.17. The first-order valence-electron chi connectivity index (χ1n) is 3.25. The van der Waals surface area contributed by atoms with Crippen molar-refractivity contribution in [2.45, 2.75) is 0 Å². The molecular formula is C6H4BF4KO4. The standard InChI is InChI=1S/C6HF4O.BH3O3.K/c7-2-1-3(11)5(9)6(10)4(2)8;2-1(3)4;/h11H;2-4H;/q-1;;+1. The Balaban J connectivity index is 0. The van der Waals surface area contributed by atoms with Crippen molar-refractivity contribution in [3.8, 4) is 5.75 Å². The van der Waals surface area contributed by atoms with E-state index in [-0.39, 0.29) is 51.4 Å². The number of aromatic hydroxyl groups is 1. The molecule has 0 atom stereocenters. The fourth-order valence-corrected chi connectivity index (χ4v) is 0.510. The Morgan fingerprint density at radius 3 is 1.62 bits per heavy atom. The molecule has 0 aliphatic rings. The number of phenolic OH excluding ortho intramolecular Hbond substituents is 1. The van der Waals surface area contributed by atoms with E-state index in [1.807, 2.05) is 0 Å². The maximum Gasteiger partial charge on any atom is 1.00 e. The van der Waals surface area contributed by atoms with Crippen LogP contribution in [0.15, 0.2) is 0 Å². The Hall–Kier alpha value is 0.321. The van der Waals surface area contributed by atoms with Crippen LogP contribution in [0.1, 0.15) is 0 Å². The number of hydrogen-bond acceptors (Lipinski definition) is 4. The maximum absolute atomic E-state index is 12.1. The smallest absolute Gasteiger partial charge is 0.531 e. The molecule has 0 spiro atoms. The van der Waals surface area contributed by atoms with Gasteiger partial charge in [0.25, 0.3) is 0 Å². The van der Waals surface area contributed by atoms with E-state index >= 15 is 0 Å². The van der Waals surface area contributed by atoms with Crippen LogP contribution in [-0.2, 0) is 0 Å². The van der Waals surface area contributed by atoms with Gasteiger partial charge < -0.3 is 20.2 Å². The van der Waals surface area contributed by atoms with Crippen LogP contribution in [0.4, 0.5) is 17.6 Å². The molecule has 84 valence electrons. The van der Waals surface area contributed by atoms with E-state index in [4.69, 9.17) is 20.2 Å². The predicted octanol–water partition coefficient (Wildman–Crippen LogP) is -3.30. The van der Waals surface area contributed by atoms with Gasteiger partial charge in [-0.25, -0.2) is 8.78 Å². The Morgan fingerprint density at radius 1 is 0.875 bits per heavy atom. The molecule has 0 aromatic heterocycles. The molecule has 0 saturated carbocycles. The summed E-state index contributed by atoms with van der Waals surface area (Å²) >= 11 is 0. The summed E-state index contributed by atoms with van der Waals surface area (Å²) in [4.78, 5) is 0. The summed E-state index contributed by atoms with van der Waals surface area (Å²) in [5.74, 6) is -8.99. The molecule has 10 heteroatoms. The van der Waals surface area contributed by atoms with E-state index in [1.165, 1.54) is 6.07 Å². The molecule has 0 aliphatic heterocycles. The van der Waals surface area contributed by atoms with Gasteiger partial charge in [0.15, 0.2) is 0 Å². The molecule has 0 radical (unpaired) electrons. The number of benzene rings is 1. The van der Waals surface area contributed by atoms with Crippen molar-refractivity contribution in [3.63, 3.8) is 0 Å². The molecule has 1 aromatic carbocycles. The normalized spacial score (nSPS) is 8.69. The van der Waals surface area contributed by atoms with Crippen molar-refractivity contribution < 1.29 is 89.1 Å². The summed E-state index contributed by atoms with van der Waals surface area (Å²) in [6.07, 6.45) is 0. The van der Waals surface area contributed by atoms with Crippen molar-refractivity contribution in [1.82, 2.24) is 0 Å². The zero-order valence-corrected chi connectivity index (χ0v) is 11.0. The number of rotatable bonds is 0. The van der Waals surface area contributed by atoms with E-state index in [9.17, 15) is 17.6 Å². The van der Waals surface area contributed by atoms with E-state index in [1.54, 1.807) is 0 Å². The first-order valence-corrected chi connectivity index (χ1v) is 3.25. The average molecular weight is 266 g/mol. The van der Waals surface area contributed by atoms with Gasteiger partial charge in [-0.05, 0) is 0 Å². The largest absolute Gasteiger partial charge is 1.00 e. The van der Waals surface area contributed by atoms with Crippen LogP contribution in [0.5, 0.6) is 5.75 Å². The Labute approximate surface area is 130 Å². The molecule has 1 aromatic rings. The van der Waals surface area contributed by atoms with E-state index < -0.39 is 36.3 Å². The van der Waals surface area contributed by atoms with Crippen molar-refractivity contribution in [3.05, 3.63) is 29.3 Å². The summed E-state index contributed by atoms with van der Waals surface area (Å²) in [5.41, 5.74) is 0. The Bertz CT molecular complexity index is 323. The molecule has 0 saturated heterocycles. The van der Waals surface area contributed by atoms with Gasteiger partial charge in [0.1, 0.15) is 0 Å². The zero-order valence-electron chi connectivity index (χ0n) is 7.88. The van der Waals surface area contributed by atoms with Gasteiger partial charge in [0.05, 0.1) is 23.3 Å². The molecule has 0 fully saturated rings. The monoisotopic (exact) mass is 266 g/mol. The topological polar surface area (TPSA) is 80.9 Å². The van der Waals surface area contributed by atoms with Gasteiger partial charge in [0.2, 0.25) is 0 Å². The van der Waals surface area contributed by atoms with Crippen molar-refractivity contribution >= 4 is 7.32 Å². The minimum Gasteiger partial charge on any atom is -0.531 e. The molecule has 0 bridgehead atoms. The molecule has 16 heavy (non-hydrogen) atoms. The average Bonchev–Trinajstić information content (AvgIpc) is 2.11. The van der Waals surface area contributed by atoms with Gasteiger partial charge >= 0.3 is 58.7 Å². The second-order valence-electron chi connectivity index (χ2n) is 2.08. The van der Waals surface area contributed by atoms with E-state index in [0.717, 1.165) is 0 Å². The van der Waals surface area contributed by atoms with Crippen LogP contribution in [0.25, 0.3) is 0 Å². The van der Waals surface area contributed by atoms with Crippen molar-refractivity contribution in [2.24, 2.45) is 0 Å². The third kappa shape index (κ3) is 6.15.